The number of amides is 2. The second-order valence-corrected chi connectivity index (χ2v) is 6.45. The largest absolute Gasteiger partial charge is 0.354 e. The van der Waals surface area contributed by atoms with Gasteiger partial charge in [0.05, 0.1) is 6.04 Å². The van der Waals surface area contributed by atoms with Crippen molar-refractivity contribution < 1.29 is 9.59 Å². The number of allylic oxidation sites excluding steroid dienone is 1. The lowest BCUT2D eigenvalue weighted by molar-refractivity contribution is -0.128. The molecule has 5 nitrogen and oxygen atoms in total. The van der Waals surface area contributed by atoms with Crippen LogP contribution < -0.4 is 10.6 Å². The van der Waals surface area contributed by atoms with E-state index in [9.17, 15) is 9.59 Å². The Morgan fingerprint density at radius 2 is 2.14 bits per heavy atom. The smallest absolute Gasteiger partial charge is 0.249 e. The first kappa shape index (κ1) is 17.0. The van der Waals surface area contributed by atoms with Crippen molar-refractivity contribution in [2.45, 2.75) is 52.0 Å². The first-order chi connectivity index (χ1) is 10.6. The maximum absolute atomic E-state index is 12.3. The Labute approximate surface area is 133 Å². The molecule has 2 atom stereocenters. The van der Waals surface area contributed by atoms with Crippen LogP contribution in [0.25, 0.3) is 0 Å². The van der Waals surface area contributed by atoms with Gasteiger partial charge in [0.2, 0.25) is 11.8 Å². The number of nitrogens with one attached hydrogen (secondary N) is 2. The molecule has 0 aromatic carbocycles. The normalized spacial score (nSPS) is 26.1. The Bertz CT molecular complexity index is 428. The summed E-state index contributed by atoms with van der Waals surface area (Å²) in [6.07, 6.45) is 6.99. The summed E-state index contributed by atoms with van der Waals surface area (Å²) in [4.78, 5) is 26.3. The Morgan fingerprint density at radius 3 is 2.82 bits per heavy atom. The van der Waals surface area contributed by atoms with Crippen LogP contribution in [0.1, 0.15) is 46.0 Å². The molecule has 0 radical (unpaired) electrons. The maximum Gasteiger partial charge on any atom is 0.249 e. The minimum Gasteiger partial charge on any atom is -0.354 e. The number of hydrogen-bond donors (Lipinski definition) is 2. The molecule has 0 saturated carbocycles. The zero-order valence-corrected chi connectivity index (χ0v) is 13.9. The van der Waals surface area contributed by atoms with Crippen molar-refractivity contribution in [3.63, 3.8) is 0 Å². The molecule has 0 unspecified atom stereocenters. The molecule has 2 fully saturated rings. The lowest BCUT2D eigenvalue weighted by atomic mass is 9.97. The fourth-order valence-electron chi connectivity index (χ4n) is 3.34. The Kier molecular flexibility index (Phi) is 6.43. The van der Waals surface area contributed by atoms with Gasteiger partial charge in [-0.15, -0.1) is 0 Å². The first-order valence-corrected chi connectivity index (χ1v) is 8.59. The van der Waals surface area contributed by atoms with E-state index in [0.717, 1.165) is 57.3 Å². The third kappa shape index (κ3) is 4.57. The van der Waals surface area contributed by atoms with Crippen LogP contribution >= 0.6 is 0 Å². The molecule has 0 aliphatic carbocycles. The number of nitrogens with zero attached hydrogens (tertiary/aromatic N) is 1. The fraction of sp³-hybridized carbons (Fsp3) is 0.765. The van der Waals surface area contributed by atoms with Gasteiger partial charge in [-0.25, -0.2) is 0 Å². The molecule has 0 spiro atoms. The van der Waals surface area contributed by atoms with Crippen molar-refractivity contribution in [3.05, 3.63) is 11.6 Å². The van der Waals surface area contributed by atoms with Gasteiger partial charge in [-0.2, -0.15) is 0 Å². The summed E-state index contributed by atoms with van der Waals surface area (Å²) in [5, 5.41) is 6.27. The van der Waals surface area contributed by atoms with Crippen molar-refractivity contribution in [1.29, 1.82) is 0 Å². The number of rotatable bonds is 5. The van der Waals surface area contributed by atoms with Gasteiger partial charge in [0.1, 0.15) is 0 Å². The molecule has 2 aliphatic heterocycles. The molecule has 2 amide bonds. The van der Waals surface area contributed by atoms with Crippen LogP contribution in [0.3, 0.4) is 0 Å². The SMILES string of the molecule is CC/C=C(\C)C(=O)N1CCC[C@@H](CNC(=O)[C@H]2CCCN2)C1. The lowest BCUT2D eigenvalue weighted by Crippen LogP contribution is -2.46. The van der Waals surface area contributed by atoms with Gasteiger partial charge in [0, 0.05) is 25.2 Å². The van der Waals surface area contributed by atoms with Gasteiger partial charge in [-0.05, 0) is 51.5 Å². The predicted molar refractivity (Wildman–Crippen MR) is 87.4 cm³/mol. The van der Waals surface area contributed by atoms with Crippen LogP contribution in [-0.2, 0) is 9.59 Å². The van der Waals surface area contributed by atoms with Gasteiger partial charge in [0.15, 0.2) is 0 Å². The summed E-state index contributed by atoms with van der Waals surface area (Å²) in [5.74, 6) is 0.635. The monoisotopic (exact) mass is 307 g/mol. The summed E-state index contributed by atoms with van der Waals surface area (Å²) < 4.78 is 0. The third-order valence-corrected chi connectivity index (χ3v) is 4.60. The Hall–Kier alpha value is -1.36. The maximum atomic E-state index is 12.3. The molecule has 2 N–H and O–H groups in total. The zero-order valence-electron chi connectivity index (χ0n) is 13.9. The highest BCUT2D eigenvalue weighted by atomic mass is 16.2. The van der Waals surface area contributed by atoms with E-state index in [0.29, 0.717) is 12.5 Å². The van der Waals surface area contributed by atoms with Crippen molar-refractivity contribution in [2.24, 2.45) is 5.92 Å². The van der Waals surface area contributed by atoms with E-state index in [1.165, 1.54) is 0 Å². The molecule has 2 heterocycles. The van der Waals surface area contributed by atoms with E-state index < -0.39 is 0 Å². The second-order valence-electron chi connectivity index (χ2n) is 6.45. The van der Waals surface area contributed by atoms with E-state index in [1.54, 1.807) is 0 Å². The van der Waals surface area contributed by atoms with Gasteiger partial charge in [0.25, 0.3) is 0 Å². The molecule has 0 aromatic heterocycles. The molecule has 0 aromatic rings. The van der Waals surface area contributed by atoms with Crippen molar-refractivity contribution in [3.8, 4) is 0 Å². The van der Waals surface area contributed by atoms with Gasteiger partial charge in [-0.1, -0.05) is 13.0 Å². The summed E-state index contributed by atoms with van der Waals surface area (Å²) >= 11 is 0. The number of carbonyl (C=O) groups is 2. The molecule has 2 saturated heterocycles. The molecule has 2 aliphatic rings. The third-order valence-electron chi connectivity index (χ3n) is 4.60. The first-order valence-electron chi connectivity index (χ1n) is 8.59. The number of hydrogen-bond acceptors (Lipinski definition) is 3. The van der Waals surface area contributed by atoms with Crippen molar-refractivity contribution in [1.82, 2.24) is 15.5 Å². The summed E-state index contributed by atoms with van der Waals surface area (Å²) in [6.45, 7) is 7.14. The van der Waals surface area contributed by atoms with Crippen molar-refractivity contribution in [2.75, 3.05) is 26.2 Å². The quantitative estimate of drug-likeness (QED) is 0.756. The highest BCUT2D eigenvalue weighted by Gasteiger charge is 2.26. The van der Waals surface area contributed by atoms with E-state index in [2.05, 4.69) is 10.6 Å². The number of carbonyl (C=O) groups excluding carboxylic acids is 2. The van der Waals surface area contributed by atoms with Crippen LogP contribution in [0.5, 0.6) is 0 Å². The summed E-state index contributed by atoms with van der Waals surface area (Å²) in [5.41, 5.74) is 0.836. The van der Waals surface area contributed by atoms with Gasteiger partial charge >= 0.3 is 0 Å². The van der Waals surface area contributed by atoms with Gasteiger partial charge < -0.3 is 15.5 Å². The van der Waals surface area contributed by atoms with E-state index >= 15 is 0 Å². The second kappa shape index (κ2) is 8.32. The van der Waals surface area contributed by atoms with Crippen LogP contribution in [0.4, 0.5) is 0 Å². The standard InChI is InChI=1S/C17H29N3O2/c1-3-6-13(2)17(22)20-10-5-7-14(12-20)11-19-16(21)15-8-4-9-18-15/h6,14-15,18H,3-5,7-12H2,1-2H3,(H,19,21)/b13-6+/t14-,15+/m0/s1. The lowest BCUT2D eigenvalue weighted by Gasteiger charge is -2.33. The Balaban J connectivity index is 1.79. The van der Waals surface area contributed by atoms with Crippen LogP contribution in [0.2, 0.25) is 0 Å². The van der Waals surface area contributed by atoms with E-state index in [1.807, 2.05) is 24.8 Å². The summed E-state index contributed by atoms with van der Waals surface area (Å²) in [7, 11) is 0. The average molecular weight is 307 g/mol. The van der Waals surface area contributed by atoms with E-state index in [-0.39, 0.29) is 17.9 Å². The molecule has 124 valence electrons. The van der Waals surface area contributed by atoms with Crippen molar-refractivity contribution >= 4 is 11.8 Å². The van der Waals surface area contributed by atoms with Crippen LogP contribution in [0.15, 0.2) is 11.6 Å². The minimum atomic E-state index is -0.0175. The minimum absolute atomic E-state index is 0.0175. The molecular weight excluding hydrogens is 278 g/mol. The van der Waals surface area contributed by atoms with Crippen LogP contribution in [-0.4, -0.2) is 48.9 Å². The molecule has 22 heavy (non-hydrogen) atoms. The highest BCUT2D eigenvalue weighted by Crippen LogP contribution is 2.18. The van der Waals surface area contributed by atoms with E-state index in [4.69, 9.17) is 0 Å². The fourth-order valence-corrected chi connectivity index (χ4v) is 3.34. The molecule has 0 bridgehead atoms. The van der Waals surface area contributed by atoms with Gasteiger partial charge in [-0.3, -0.25) is 9.59 Å². The highest BCUT2D eigenvalue weighted by molar-refractivity contribution is 5.92. The average Bonchev–Trinajstić information content (AvgIpc) is 3.07. The molecule has 2 rings (SSSR count). The van der Waals surface area contributed by atoms with Crippen LogP contribution in [0, 0.1) is 5.92 Å². The summed E-state index contributed by atoms with van der Waals surface area (Å²) in [6, 6.07) is -0.0175. The number of likely N-dealkylation sites (tertiary alicyclic amines) is 1. The molecule has 5 heteroatoms. The topological polar surface area (TPSA) is 61.4 Å². The predicted octanol–water partition coefficient (Wildman–Crippen LogP) is 1.45. The Morgan fingerprint density at radius 1 is 1.32 bits per heavy atom. The zero-order chi connectivity index (χ0) is 15.9. The molecular formula is C17H29N3O2. The number of piperidine rings is 1.